The number of para-hydroxylation sites is 1. The number of hydrogen-bond acceptors (Lipinski definition) is 5. The molecule has 1 heterocycles. The third-order valence-electron chi connectivity index (χ3n) is 4.43. The van der Waals surface area contributed by atoms with Crippen LogP contribution in [0, 0.1) is 11.3 Å². The summed E-state index contributed by atoms with van der Waals surface area (Å²) >= 11 is 0. The van der Waals surface area contributed by atoms with Crippen molar-refractivity contribution in [3.05, 3.63) is 29.8 Å². The van der Waals surface area contributed by atoms with Gasteiger partial charge < -0.3 is 15.0 Å². The van der Waals surface area contributed by atoms with Gasteiger partial charge in [-0.3, -0.25) is 9.69 Å². The van der Waals surface area contributed by atoms with Gasteiger partial charge in [0.25, 0.3) is 0 Å². The number of nitrogens with one attached hydrogen (secondary N) is 1. The normalized spacial score (nSPS) is 16.5. The molecular weight excluding hydrogens is 304 g/mol. The Kier molecular flexibility index (Phi) is 7.04. The quantitative estimate of drug-likeness (QED) is 0.762. The van der Waals surface area contributed by atoms with E-state index in [1.54, 1.807) is 7.11 Å². The van der Waals surface area contributed by atoms with Gasteiger partial charge in [-0.05, 0) is 25.5 Å². The maximum absolute atomic E-state index is 12.2. The minimum atomic E-state index is -0.138. The summed E-state index contributed by atoms with van der Waals surface area (Å²) in [5.74, 6) is 0.0666. The van der Waals surface area contributed by atoms with Gasteiger partial charge in [0, 0.05) is 46.4 Å². The van der Waals surface area contributed by atoms with E-state index in [0.717, 1.165) is 38.3 Å². The van der Waals surface area contributed by atoms with Crippen LogP contribution in [0.15, 0.2) is 24.3 Å². The fourth-order valence-electron chi connectivity index (χ4n) is 2.94. The van der Waals surface area contributed by atoms with Crippen LogP contribution in [0.5, 0.6) is 0 Å². The van der Waals surface area contributed by atoms with Crippen molar-refractivity contribution < 1.29 is 9.53 Å². The van der Waals surface area contributed by atoms with Gasteiger partial charge in [-0.15, -0.1) is 0 Å². The standard InChI is InChI=1S/C18H26N4O2/c1-15(18(23)20-8-5-13-24-2)21-9-11-22(12-10-21)17-7-4-3-6-16(17)14-19/h3-4,6-7,15H,5,8-13H2,1-2H3,(H,20,23). The minimum Gasteiger partial charge on any atom is -0.385 e. The lowest BCUT2D eigenvalue weighted by atomic mass is 10.1. The van der Waals surface area contributed by atoms with Crippen LogP contribution in [0.2, 0.25) is 0 Å². The molecule has 1 atom stereocenters. The molecule has 0 bridgehead atoms. The topological polar surface area (TPSA) is 68.6 Å². The largest absolute Gasteiger partial charge is 0.385 e. The van der Waals surface area contributed by atoms with Gasteiger partial charge >= 0.3 is 0 Å². The van der Waals surface area contributed by atoms with E-state index in [1.165, 1.54) is 0 Å². The van der Waals surface area contributed by atoms with Crippen LogP contribution >= 0.6 is 0 Å². The van der Waals surface area contributed by atoms with Crippen molar-refractivity contribution in [2.75, 3.05) is 51.3 Å². The number of piperazine rings is 1. The van der Waals surface area contributed by atoms with Crippen molar-refractivity contribution in [3.8, 4) is 6.07 Å². The first kappa shape index (κ1) is 18.2. The Balaban J connectivity index is 1.83. The lowest BCUT2D eigenvalue weighted by molar-refractivity contribution is -0.126. The Morgan fingerprint density at radius 1 is 1.33 bits per heavy atom. The maximum atomic E-state index is 12.2. The molecule has 1 aromatic rings. The number of rotatable bonds is 7. The number of benzene rings is 1. The number of carbonyl (C=O) groups is 1. The van der Waals surface area contributed by atoms with E-state index in [4.69, 9.17) is 4.74 Å². The highest BCUT2D eigenvalue weighted by molar-refractivity contribution is 5.81. The number of hydrogen-bond donors (Lipinski definition) is 1. The van der Waals surface area contributed by atoms with Gasteiger partial charge in [0.05, 0.1) is 17.3 Å². The smallest absolute Gasteiger partial charge is 0.237 e. The van der Waals surface area contributed by atoms with Gasteiger partial charge in [-0.1, -0.05) is 12.1 Å². The summed E-state index contributed by atoms with van der Waals surface area (Å²) in [5.41, 5.74) is 1.69. The molecular formula is C18H26N4O2. The Bertz CT molecular complexity index is 577. The average Bonchev–Trinajstić information content (AvgIpc) is 2.64. The number of ether oxygens (including phenoxy) is 1. The first-order chi connectivity index (χ1) is 11.7. The maximum Gasteiger partial charge on any atom is 0.237 e. The minimum absolute atomic E-state index is 0.0666. The highest BCUT2D eigenvalue weighted by atomic mass is 16.5. The number of carbonyl (C=O) groups excluding carboxylic acids is 1. The fraction of sp³-hybridized carbons (Fsp3) is 0.556. The first-order valence-electron chi connectivity index (χ1n) is 8.42. The molecule has 1 amide bonds. The Labute approximate surface area is 144 Å². The van der Waals surface area contributed by atoms with Gasteiger partial charge in [0.15, 0.2) is 0 Å². The molecule has 1 unspecified atom stereocenters. The third kappa shape index (κ3) is 4.70. The predicted octanol–water partition coefficient (Wildman–Crippen LogP) is 1.22. The predicted molar refractivity (Wildman–Crippen MR) is 93.9 cm³/mol. The number of nitrogens with zero attached hydrogens (tertiary/aromatic N) is 3. The Hall–Kier alpha value is -2.10. The summed E-state index contributed by atoms with van der Waals surface area (Å²) in [6, 6.07) is 9.78. The van der Waals surface area contributed by atoms with Crippen LogP contribution in [0.1, 0.15) is 18.9 Å². The average molecular weight is 330 g/mol. The number of amides is 1. The van der Waals surface area contributed by atoms with E-state index in [0.29, 0.717) is 18.7 Å². The van der Waals surface area contributed by atoms with Crippen molar-refractivity contribution in [1.29, 1.82) is 5.26 Å². The molecule has 2 rings (SSSR count). The molecule has 1 fully saturated rings. The summed E-state index contributed by atoms with van der Waals surface area (Å²) in [4.78, 5) is 16.6. The van der Waals surface area contributed by atoms with E-state index >= 15 is 0 Å². The second-order valence-corrected chi connectivity index (χ2v) is 5.97. The molecule has 0 saturated carbocycles. The van der Waals surface area contributed by atoms with Crippen molar-refractivity contribution in [2.24, 2.45) is 0 Å². The van der Waals surface area contributed by atoms with Crippen LogP contribution in [0.4, 0.5) is 5.69 Å². The molecule has 130 valence electrons. The zero-order valence-electron chi connectivity index (χ0n) is 14.5. The molecule has 1 N–H and O–H groups in total. The third-order valence-corrected chi connectivity index (χ3v) is 4.43. The number of anilines is 1. The van der Waals surface area contributed by atoms with E-state index < -0.39 is 0 Å². The molecule has 1 aromatic carbocycles. The van der Waals surface area contributed by atoms with Crippen LogP contribution < -0.4 is 10.2 Å². The zero-order chi connectivity index (χ0) is 17.4. The van der Waals surface area contributed by atoms with Crippen LogP contribution in [-0.2, 0) is 9.53 Å². The highest BCUT2D eigenvalue weighted by Gasteiger charge is 2.26. The molecule has 0 radical (unpaired) electrons. The zero-order valence-corrected chi connectivity index (χ0v) is 14.5. The highest BCUT2D eigenvalue weighted by Crippen LogP contribution is 2.21. The molecule has 6 heteroatoms. The van der Waals surface area contributed by atoms with Crippen molar-refractivity contribution in [1.82, 2.24) is 10.2 Å². The second kappa shape index (κ2) is 9.26. The molecule has 0 aliphatic carbocycles. The fourth-order valence-corrected chi connectivity index (χ4v) is 2.94. The summed E-state index contributed by atoms with van der Waals surface area (Å²) in [6.07, 6.45) is 0.827. The molecule has 1 aliphatic rings. The summed E-state index contributed by atoms with van der Waals surface area (Å²) in [6.45, 7) is 6.52. The van der Waals surface area contributed by atoms with Crippen LogP contribution in [0.25, 0.3) is 0 Å². The summed E-state index contributed by atoms with van der Waals surface area (Å²) < 4.78 is 4.98. The SMILES string of the molecule is COCCCNC(=O)C(C)N1CCN(c2ccccc2C#N)CC1. The lowest BCUT2D eigenvalue weighted by Gasteiger charge is -2.38. The lowest BCUT2D eigenvalue weighted by Crippen LogP contribution is -2.54. The van der Waals surface area contributed by atoms with Crippen LogP contribution in [-0.4, -0.2) is 63.3 Å². The van der Waals surface area contributed by atoms with E-state index in [9.17, 15) is 10.1 Å². The monoisotopic (exact) mass is 330 g/mol. The first-order valence-corrected chi connectivity index (χ1v) is 8.42. The number of nitriles is 1. The Morgan fingerprint density at radius 3 is 2.71 bits per heavy atom. The van der Waals surface area contributed by atoms with Gasteiger partial charge in [0.2, 0.25) is 5.91 Å². The summed E-state index contributed by atoms with van der Waals surface area (Å²) in [7, 11) is 1.66. The van der Waals surface area contributed by atoms with E-state index in [1.807, 2.05) is 31.2 Å². The molecule has 0 spiro atoms. The number of methoxy groups -OCH3 is 1. The molecule has 6 nitrogen and oxygen atoms in total. The van der Waals surface area contributed by atoms with Gasteiger partial charge in [-0.2, -0.15) is 5.26 Å². The van der Waals surface area contributed by atoms with Crippen molar-refractivity contribution >= 4 is 11.6 Å². The van der Waals surface area contributed by atoms with E-state index in [2.05, 4.69) is 21.2 Å². The Morgan fingerprint density at radius 2 is 2.04 bits per heavy atom. The van der Waals surface area contributed by atoms with E-state index in [-0.39, 0.29) is 11.9 Å². The molecule has 0 aromatic heterocycles. The van der Waals surface area contributed by atoms with Crippen LogP contribution in [0.3, 0.4) is 0 Å². The summed E-state index contributed by atoms with van der Waals surface area (Å²) in [5, 5.41) is 12.2. The molecule has 24 heavy (non-hydrogen) atoms. The van der Waals surface area contributed by atoms with Gasteiger partial charge in [0.1, 0.15) is 6.07 Å². The van der Waals surface area contributed by atoms with Gasteiger partial charge in [-0.25, -0.2) is 0 Å². The molecule has 1 saturated heterocycles. The second-order valence-electron chi connectivity index (χ2n) is 5.97. The van der Waals surface area contributed by atoms with Crippen molar-refractivity contribution in [3.63, 3.8) is 0 Å². The van der Waals surface area contributed by atoms with Crippen molar-refractivity contribution in [2.45, 2.75) is 19.4 Å². The molecule has 1 aliphatic heterocycles.